The molecule has 1 unspecified atom stereocenters. The Hall–Kier alpha value is -2.51. The number of benzene rings is 2. The van der Waals surface area contributed by atoms with E-state index in [1.54, 1.807) is 31.3 Å². The molecule has 0 saturated heterocycles. The van der Waals surface area contributed by atoms with Crippen molar-refractivity contribution >= 4 is 44.1 Å². The van der Waals surface area contributed by atoms with Gasteiger partial charge in [0.25, 0.3) is 5.91 Å². The van der Waals surface area contributed by atoms with Crippen LogP contribution in [-0.4, -0.2) is 32.2 Å². The Labute approximate surface area is 169 Å². The number of halogens is 1. The highest BCUT2D eigenvalue weighted by molar-refractivity contribution is 7.92. The molecule has 2 aromatic carbocycles. The highest BCUT2D eigenvalue weighted by Crippen LogP contribution is 2.37. The summed E-state index contributed by atoms with van der Waals surface area (Å²) in [5, 5.41) is 4.07. The Balaban J connectivity index is 2.30. The van der Waals surface area contributed by atoms with Gasteiger partial charge in [-0.1, -0.05) is 36.7 Å². The second-order valence-corrected chi connectivity index (χ2v) is 8.78. The zero-order valence-corrected chi connectivity index (χ0v) is 17.4. The molecular formula is C20H22ClN3O3S. The fourth-order valence-electron chi connectivity index (χ4n) is 3.64. The van der Waals surface area contributed by atoms with E-state index in [1.807, 2.05) is 42.0 Å². The summed E-state index contributed by atoms with van der Waals surface area (Å²) in [7, 11) is -1.83. The molecule has 6 nitrogen and oxygen atoms in total. The summed E-state index contributed by atoms with van der Waals surface area (Å²) in [6, 6.07) is 14.3. The molecule has 0 saturated carbocycles. The molecule has 148 valence electrons. The number of carbonyl (C=O) groups excluding carboxylic acids is 1. The van der Waals surface area contributed by atoms with Crippen LogP contribution in [0.2, 0.25) is 5.02 Å². The predicted molar refractivity (Wildman–Crippen MR) is 113 cm³/mol. The third-order valence-electron chi connectivity index (χ3n) is 4.88. The van der Waals surface area contributed by atoms with Crippen LogP contribution in [0.1, 0.15) is 18.9 Å². The zero-order valence-electron chi connectivity index (χ0n) is 15.9. The molecule has 0 radical (unpaired) electrons. The highest BCUT2D eigenvalue weighted by Gasteiger charge is 2.40. The minimum Gasteiger partial charge on any atom is -0.357 e. The summed E-state index contributed by atoms with van der Waals surface area (Å²) < 4.78 is 27.9. The molecule has 0 spiro atoms. The number of rotatable bonds is 6. The largest absolute Gasteiger partial charge is 0.357 e. The number of carbonyl (C=O) groups is 1. The molecule has 0 aliphatic heterocycles. The number of sulfonamides is 1. The Morgan fingerprint density at radius 3 is 2.39 bits per heavy atom. The molecule has 0 aliphatic rings. The first-order valence-corrected chi connectivity index (χ1v) is 11.1. The van der Waals surface area contributed by atoms with Gasteiger partial charge in [-0.25, -0.2) is 8.42 Å². The highest BCUT2D eigenvalue weighted by atomic mass is 35.5. The van der Waals surface area contributed by atoms with Crippen molar-refractivity contribution in [3.8, 4) is 0 Å². The maximum atomic E-state index is 13.1. The summed E-state index contributed by atoms with van der Waals surface area (Å²) in [5.41, 5.74) is 0.994. The van der Waals surface area contributed by atoms with Crippen molar-refractivity contribution in [1.29, 1.82) is 0 Å². The van der Waals surface area contributed by atoms with E-state index in [9.17, 15) is 13.2 Å². The number of anilines is 1. The van der Waals surface area contributed by atoms with Crippen molar-refractivity contribution in [2.75, 3.05) is 18.0 Å². The smallest absolute Gasteiger partial charge is 0.250 e. The number of amides is 1. The SMILES string of the molecule is CCC(C(=O)NC)(c1ccc(Cl)cc1)n1ccc2c(NS(C)(=O)=O)cccc21. The van der Waals surface area contributed by atoms with Crippen LogP contribution in [0, 0.1) is 0 Å². The van der Waals surface area contributed by atoms with E-state index in [2.05, 4.69) is 10.0 Å². The lowest BCUT2D eigenvalue weighted by atomic mass is 9.85. The van der Waals surface area contributed by atoms with Gasteiger partial charge in [-0.3, -0.25) is 9.52 Å². The van der Waals surface area contributed by atoms with Crippen LogP contribution < -0.4 is 10.0 Å². The Morgan fingerprint density at radius 2 is 1.82 bits per heavy atom. The van der Waals surface area contributed by atoms with Gasteiger partial charge in [0.1, 0.15) is 5.54 Å². The molecular weight excluding hydrogens is 398 g/mol. The number of fused-ring (bicyclic) bond motifs is 1. The Morgan fingerprint density at radius 1 is 1.14 bits per heavy atom. The molecule has 2 N–H and O–H groups in total. The van der Waals surface area contributed by atoms with Gasteiger partial charge in [0.15, 0.2) is 0 Å². The van der Waals surface area contributed by atoms with Gasteiger partial charge < -0.3 is 9.88 Å². The monoisotopic (exact) mass is 419 g/mol. The lowest BCUT2D eigenvalue weighted by Gasteiger charge is -2.34. The topological polar surface area (TPSA) is 80.2 Å². The van der Waals surface area contributed by atoms with Crippen molar-refractivity contribution in [1.82, 2.24) is 9.88 Å². The van der Waals surface area contributed by atoms with E-state index in [4.69, 9.17) is 11.6 Å². The molecule has 1 atom stereocenters. The van der Waals surface area contributed by atoms with Crippen molar-refractivity contribution < 1.29 is 13.2 Å². The Kier molecular flexibility index (Phi) is 5.41. The molecule has 0 fully saturated rings. The summed E-state index contributed by atoms with van der Waals surface area (Å²) in [6.07, 6.45) is 3.41. The van der Waals surface area contributed by atoms with E-state index >= 15 is 0 Å². The number of aromatic nitrogens is 1. The van der Waals surface area contributed by atoms with Crippen LogP contribution >= 0.6 is 11.6 Å². The maximum Gasteiger partial charge on any atom is 0.250 e. The van der Waals surface area contributed by atoms with E-state index in [0.29, 0.717) is 22.5 Å². The fraction of sp³-hybridized carbons (Fsp3) is 0.250. The average molecular weight is 420 g/mol. The first-order chi connectivity index (χ1) is 13.2. The second-order valence-electron chi connectivity index (χ2n) is 6.60. The van der Waals surface area contributed by atoms with Crippen LogP contribution in [0.25, 0.3) is 10.9 Å². The fourth-order valence-corrected chi connectivity index (χ4v) is 4.34. The van der Waals surface area contributed by atoms with Gasteiger partial charge in [-0.2, -0.15) is 0 Å². The zero-order chi connectivity index (χ0) is 20.5. The summed E-state index contributed by atoms with van der Waals surface area (Å²) in [5.74, 6) is -0.170. The Bertz CT molecular complexity index is 1120. The van der Waals surface area contributed by atoms with E-state index in [0.717, 1.165) is 17.3 Å². The second kappa shape index (κ2) is 7.48. The van der Waals surface area contributed by atoms with E-state index in [1.165, 1.54) is 0 Å². The van der Waals surface area contributed by atoms with Crippen LogP contribution in [0.4, 0.5) is 5.69 Å². The molecule has 3 rings (SSSR count). The van der Waals surface area contributed by atoms with E-state index < -0.39 is 15.6 Å². The molecule has 3 aromatic rings. The van der Waals surface area contributed by atoms with Crippen molar-refractivity contribution in [3.63, 3.8) is 0 Å². The molecule has 0 aliphatic carbocycles. The molecule has 1 aromatic heterocycles. The van der Waals surface area contributed by atoms with Crippen LogP contribution in [0.3, 0.4) is 0 Å². The number of hydrogen-bond acceptors (Lipinski definition) is 3. The number of hydrogen-bond donors (Lipinski definition) is 2. The molecule has 8 heteroatoms. The third kappa shape index (κ3) is 3.47. The van der Waals surface area contributed by atoms with Gasteiger partial charge in [0.05, 0.1) is 17.5 Å². The van der Waals surface area contributed by atoms with Crippen LogP contribution in [0.5, 0.6) is 0 Å². The molecule has 1 heterocycles. The lowest BCUT2D eigenvalue weighted by molar-refractivity contribution is -0.127. The van der Waals surface area contributed by atoms with Gasteiger partial charge in [0, 0.05) is 23.7 Å². The normalized spacial score (nSPS) is 13.9. The van der Waals surface area contributed by atoms with Crippen LogP contribution in [-0.2, 0) is 20.4 Å². The number of nitrogens with zero attached hydrogens (tertiary/aromatic N) is 1. The van der Waals surface area contributed by atoms with Crippen molar-refractivity contribution in [2.24, 2.45) is 0 Å². The number of nitrogens with one attached hydrogen (secondary N) is 2. The summed E-state index contributed by atoms with van der Waals surface area (Å²) in [4.78, 5) is 13.1. The van der Waals surface area contributed by atoms with E-state index in [-0.39, 0.29) is 5.91 Å². The summed E-state index contributed by atoms with van der Waals surface area (Å²) in [6.45, 7) is 1.94. The van der Waals surface area contributed by atoms with Gasteiger partial charge in [0.2, 0.25) is 10.0 Å². The average Bonchev–Trinajstić information content (AvgIpc) is 3.08. The van der Waals surface area contributed by atoms with Crippen molar-refractivity contribution in [3.05, 3.63) is 65.3 Å². The minimum absolute atomic E-state index is 0.170. The summed E-state index contributed by atoms with van der Waals surface area (Å²) >= 11 is 6.05. The quantitative estimate of drug-likeness (QED) is 0.641. The molecule has 28 heavy (non-hydrogen) atoms. The molecule has 0 bridgehead atoms. The first-order valence-electron chi connectivity index (χ1n) is 8.79. The van der Waals surface area contributed by atoms with Crippen molar-refractivity contribution in [2.45, 2.75) is 18.9 Å². The minimum atomic E-state index is -3.43. The third-order valence-corrected chi connectivity index (χ3v) is 5.72. The van der Waals surface area contributed by atoms with Gasteiger partial charge in [-0.15, -0.1) is 0 Å². The van der Waals surface area contributed by atoms with Gasteiger partial charge >= 0.3 is 0 Å². The number of likely N-dealkylation sites (N-methyl/N-ethyl adjacent to an activating group) is 1. The lowest BCUT2D eigenvalue weighted by Crippen LogP contribution is -2.48. The molecule has 1 amide bonds. The first kappa shape index (κ1) is 20.2. The standard InChI is InChI=1S/C20H22ClN3O3S/c1-4-20(19(25)22-2,14-8-10-15(21)11-9-14)24-13-12-16-17(23-28(3,26)27)6-5-7-18(16)24/h5-13,23H,4H2,1-3H3,(H,22,25). The van der Waals surface area contributed by atoms with Crippen LogP contribution in [0.15, 0.2) is 54.7 Å². The predicted octanol–water partition coefficient (Wildman–Crippen LogP) is 3.57. The van der Waals surface area contributed by atoms with Gasteiger partial charge in [-0.05, 0) is 42.3 Å². The maximum absolute atomic E-state index is 13.1.